The predicted octanol–water partition coefficient (Wildman–Crippen LogP) is 3.07. The number of hydrogen-bond acceptors (Lipinski definition) is 3. The average molecular weight is 329 g/mol. The molecule has 2 aromatic rings. The average Bonchev–Trinajstić information content (AvgIpc) is 2.77. The second-order valence-corrected chi connectivity index (χ2v) is 4.91. The number of aryl methyl sites for hydroxylation is 1. The van der Waals surface area contributed by atoms with Gasteiger partial charge in [-0.05, 0) is 12.1 Å². The molecule has 0 atom stereocenters. The van der Waals surface area contributed by atoms with E-state index in [9.17, 15) is 9.59 Å². The summed E-state index contributed by atoms with van der Waals surface area (Å²) in [6, 6.07) is 3.46. The molecule has 9 heteroatoms. The zero-order chi connectivity index (χ0) is 15.6. The Kier molecular flexibility index (Phi) is 4.35. The molecule has 0 radical (unpaired) electrons. The molecule has 0 saturated heterocycles. The summed E-state index contributed by atoms with van der Waals surface area (Å²) in [5, 5.41) is 18.1. The first kappa shape index (κ1) is 15.1. The summed E-state index contributed by atoms with van der Waals surface area (Å²) in [5.41, 5.74) is -0.245. The molecule has 0 spiro atoms. The lowest BCUT2D eigenvalue weighted by Gasteiger charge is -2.11. The van der Waals surface area contributed by atoms with Gasteiger partial charge in [-0.2, -0.15) is 5.10 Å². The standard InChI is InChI=1S/C12H10Cl2N4O3/c1-18-3-2-9(17-18)15-12(21)16-10-7(11(19)20)4-6(13)5-8(10)14/h2-5H,1H3,(H,19,20)(H2,15,16,17,21). The van der Waals surface area contributed by atoms with Crippen molar-refractivity contribution in [2.45, 2.75) is 0 Å². The normalized spacial score (nSPS) is 10.2. The number of carbonyl (C=O) groups is 2. The van der Waals surface area contributed by atoms with Gasteiger partial charge in [-0.3, -0.25) is 10.00 Å². The minimum absolute atomic E-state index is 0.0241. The van der Waals surface area contributed by atoms with E-state index in [0.717, 1.165) is 0 Å². The number of nitrogens with zero attached hydrogens (tertiary/aromatic N) is 2. The number of anilines is 2. The van der Waals surface area contributed by atoms with Gasteiger partial charge in [0.15, 0.2) is 5.82 Å². The van der Waals surface area contributed by atoms with E-state index in [1.54, 1.807) is 19.3 Å². The lowest BCUT2D eigenvalue weighted by Crippen LogP contribution is -2.21. The van der Waals surface area contributed by atoms with Crippen molar-refractivity contribution < 1.29 is 14.7 Å². The molecule has 1 aromatic carbocycles. The Balaban J connectivity index is 2.22. The van der Waals surface area contributed by atoms with Crippen molar-refractivity contribution in [2.24, 2.45) is 7.05 Å². The molecule has 0 bridgehead atoms. The van der Waals surface area contributed by atoms with E-state index in [1.165, 1.54) is 16.8 Å². The number of aromatic carboxylic acids is 1. The number of halogens is 2. The first-order valence-corrected chi connectivity index (χ1v) is 6.42. The number of nitrogens with one attached hydrogen (secondary N) is 2. The highest BCUT2D eigenvalue weighted by molar-refractivity contribution is 6.37. The fourth-order valence-electron chi connectivity index (χ4n) is 1.61. The van der Waals surface area contributed by atoms with Crippen LogP contribution in [-0.2, 0) is 7.05 Å². The Labute approximate surface area is 129 Å². The van der Waals surface area contributed by atoms with Crippen LogP contribution in [0, 0.1) is 0 Å². The molecule has 0 fully saturated rings. The fourth-order valence-corrected chi connectivity index (χ4v) is 2.15. The minimum atomic E-state index is -1.26. The summed E-state index contributed by atoms with van der Waals surface area (Å²) in [6.07, 6.45) is 1.65. The molecule has 7 nitrogen and oxygen atoms in total. The molecule has 0 aliphatic rings. The van der Waals surface area contributed by atoms with Crippen molar-refractivity contribution in [3.05, 3.63) is 40.0 Å². The van der Waals surface area contributed by atoms with Crippen molar-refractivity contribution in [2.75, 3.05) is 10.6 Å². The molecule has 1 aromatic heterocycles. The zero-order valence-corrected chi connectivity index (χ0v) is 12.2. The number of amides is 2. The van der Waals surface area contributed by atoms with Gasteiger partial charge < -0.3 is 10.4 Å². The molecule has 2 amide bonds. The third-order valence-electron chi connectivity index (χ3n) is 2.48. The molecular formula is C12H10Cl2N4O3. The van der Waals surface area contributed by atoms with Gasteiger partial charge >= 0.3 is 12.0 Å². The topological polar surface area (TPSA) is 96.2 Å². The van der Waals surface area contributed by atoms with Crippen molar-refractivity contribution in [3.8, 4) is 0 Å². The predicted molar refractivity (Wildman–Crippen MR) is 79.3 cm³/mol. The largest absolute Gasteiger partial charge is 0.478 e. The number of carbonyl (C=O) groups excluding carboxylic acids is 1. The minimum Gasteiger partial charge on any atom is -0.478 e. The summed E-state index contributed by atoms with van der Waals surface area (Å²) in [7, 11) is 1.70. The van der Waals surface area contributed by atoms with Gasteiger partial charge in [0.05, 0.1) is 16.3 Å². The van der Waals surface area contributed by atoms with Gasteiger partial charge in [0.2, 0.25) is 0 Å². The first-order valence-electron chi connectivity index (χ1n) is 5.67. The van der Waals surface area contributed by atoms with Crippen molar-refractivity contribution in [1.29, 1.82) is 0 Å². The SMILES string of the molecule is Cn1ccc(NC(=O)Nc2c(Cl)cc(Cl)cc2C(=O)O)n1. The second kappa shape index (κ2) is 6.02. The van der Waals surface area contributed by atoms with Gasteiger partial charge in [-0.25, -0.2) is 9.59 Å². The Morgan fingerprint density at radius 3 is 2.57 bits per heavy atom. The Morgan fingerprint density at radius 1 is 1.29 bits per heavy atom. The molecular weight excluding hydrogens is 319 g/mol. The Hall–Kier alpha value is -2.25. The van der Waals surface area contributed by atoms with E-state index in [-0.39, 0.29) is 21.3 Å². The van der Waals surface area contributed by atoms with E-state index in [4.69, 9.17) is 28.3 Å². The van der Waals surface area contributed by atoms with Crippen molar-refractivity contribution >= 4 is 46.7 Å². The third-order valence-corrected chi connectivity index (χ3v) is 3.00. The quantitative estimate of drug-likeness (QED) is 0.806. The summed E-state index contributed by atoms with van der Waals surface area (Å²) in [5.74, 6) is -0.940. The second-order valence-electron chi connectivity index (χ2n) is 4.07. The smallest absolute Gasteiger partial charge is 0.337 e. The van der Waals surface area contributed by atoms with Crippen LogP contribution in [0.3, 0.4) is 0 Å². The van der Waals surface area contributed by atoms with E-state index < -0.39 is 12.0 Å². The third kappa shape index (κ3) is 3.65. The van der Waals surface area contributed by atoms with Crippen LogP contribution < -0.4 is 10.6 Å². The molecule has 0 aliphatic carbocycles. The maximum absolute atomic E-state index is 11.8. The number of rotatable bonds is 3. The van der Waals surface area contributed by atoms with Crippen molar-refractivity contribution in [1.82, 2.24) is 9.78 Å². The maximum atomic E-state index is 11.8. The highest BCUT2D eigenvalue weighted by atomic mass is 35.5. The molecule has 0 saturated carbocycles. The molecule has 110 valence electrons. The van der Waals surface area contributed by atoms with Gasteiger partial charge in [0, 0.05) is 24.3 Å². The summed E-state index contributed by atoms with van der Waals surface area (Å²) >= 11 is 11.7. The lowest BCUT2D eigenvalue weighted by atomic mass is 10.2. The summed E-state index contributed by atoms with van der Waals surface area (Å²) < 4.78 is 1.51. The van der Waals surface area contributed by atoms with E-state index in [0.29, 0.717) is 5.82 Å². The monoisotopic (exact) mass is 328 g/mol. The molecule has 2 rings (SSSR count). The molecule has 3 N–H and O–H groups in total. The number of carboxylic acid groups (broad SMARTS) is 1. The number of aromatic nitrogens is 2. The number of hydrogen-bond donors (Lipinski definition) is 3. The first-order chi connectivity index (χ1) is 9.86. The van der Waals surface area contributed by atoms with Crippen LogP contribution in [0.15, 0.2) is 24.4 Å². The zero-order valence-electron chi connectivity index (χ0n) is 10.7. The van der Waals surface area contributed by atoms with E-state index in [2.05, 4.69) is 15.7 Å². The van der Waals surface area contributed by atoms with Crippen LogP contribution in [-0.4, -0.2) is 26.9 Å². The number of carboxylic acids is 1. The van der Waals surface area contributed by atoms with Crippen LogP contribution in [0.5, 0.6) is 0 Å². The number of benzene rings is 1. The molecule has 21 heavy (non-hydrogen) atoms. The summed E-state index contributed by atoms with van der Waals surface area (Å²) in [4.78, 5) is 23.0. The Bertz CT molecular complexity index is 715. The Morgan fingerprint density at radius 2 is 2.00 bits per heavy atom. The molecule has 0 unspecified atom stereocenters. The van der Waals surface area contributed by atoms with Crippen molar-refractivity contribution in [3.63, 3.8) is 0 Å². The van der Waals surface area contributed by atoms with Gasteiger partial charge in [-0.15, -0.1) is 0 Å². The van der Waals surface area contributed by atoms with Gasteiger partial charge in [0.1, 0.15) is 0 Å². The highest BCUT2D eigenvalue weighted by Crippen LogP contribution is 2.30. The highest BCUT2D eigenvalue weighted by Gasteiger charge is 2.17. The van der Waals surface area contributed by atoms with E-state index in [1.807, 2.05) is 0 Å². The van der Waals surface area contributed by atoms with Crippen LogP contribution in [0.2, 0.25) is 10.0 Å². The number of urea groups is 1. The van der Waals surface area contributed by atoms with Crippen LogP contribution >= 0.6 is 23.2 Å². The van der Waals surface area contributed by atoms with Crippen LogP contribution in [0.4, 0.5) is 16.3 Å². The summed E-state index contributed by atoms with van der Waals surface area (Å²) in [6.45, 7) is 0. The lowest BCUT2D eigenvalue weighted by molar-refractivity contribution is 0.0698. The van der Waals surface area contributed by atoms with E-state index >= 15 is 0 Å². The van der Waals surface area contributed by atoms with Crippen LogP contribution in [0.1, 0.15) is 10.4 Å². The maximum Gasteiger partial charge on any atom is 0.337 e. The van der Waals surface area contributed by atoms with Crippen LogP contribution in [0.25, 0.3) is 0 Å². The van der Waals surface area contributed by atoms with Gasteiger partial charge in [0.25, 0.3) is 0 Å². The molecule has 0 aliphatic heterocycles. The molecule has 1 heterocycles. The van der Waals surface area contributed by atoms with Gasteiger partial charge in [-0.1, -0.05) is 23.2 Å². The fraction of sp³-hybridized carbons (Fsp3) is 0.0833.